The molecule has 1 aliphatic heterocycles. The van der Waals surface area contributed by atoms with Crippen LogP contribution in [0.4, 0.5) is 0 Å². The zero-order valence-corrected chi connectivity index (χ0v) is 13.8. The van der Waals surface area contributed by atoms with Gasteiger partial charge in [0, 0.05) is 20.3 Å². The summed E-state index contributed by atoms with van der Waals surface area (Å²) >= 11 is 0. The highest BCUT2D eigenvalue weighted by Gasteiger charge is 2.24. The van der Waals surface area contributed by atoms with E-state index in [0.717, 1.165) is 19.4 Å². The third-order valence-electron chi connectivity index (χ3n) is 4.13. The molecule has 8 nitrogen and oxygen atoms in total. The topological polar surface area (TPSA) is 95.6 Å². The molecule has 0 aromatic carbocycles. The number of rotatable bonds is 6. The van der Waals surface area contributed by atoms with Gasteiger partial charge in [-0.1, -0.05) is 0 Å². The lowest BCUT2D eigenvalue weighted by Crippen LogP contribution is -2.33. The minimum Gasteiger partial charge on any atom is -0.442 e. The van der Waals surface area contributed by atoms with Crippen LogP contribution in [0.3, 0.4) is 0 Å². The third kappa shape index (κ3) is 3.20. The van der Waals surface area contributed by atoms with Gasteiger partial charge in [0.05, 0.1) is 24.8 Å². The molecule has 24 heavy (non-hydrogen) atoms. The summed E-state index contributed by atoms with van der Waals surface area (Å²) in [6, 6.07) is 0. The molecule has 2 aromatic rings. The van der Waals surface area contributed by atoms with Crippen molar-refractivity contribution in [3.05, 3.63) is 28.0 Å². The summed E-state index contributed by atoms with van der Waals surface area (Å²) < 4.78 is 17.4. The van der Waals surface area contributed by atoms with E-state index in [-0.39, 0.29) is 34.2 Å². The van der Waals surface area contributed by atoms with Crippen molar-refractivity contribution in [2.75, 3.05) is 26.9 Å². The smallest absolute Gasteiger partial charge is 0.265 e. The molecule has 1 atom stereocenters. The van der Waals surface area contributed by atoms with Gasteiger partial charge < -0.3 is 19.2 Å². The Kier molecular flexibility index (Phi) is 4.96. The molecular formula is C16H21N3O5. The second kappa shape index (κ2) is 7.14. The molecule has 1 fully saturated rings. The molecule has 0 aliphatic carbocycles. The van der Waals surface area contributed by atoms with Gasteiger partial charge in [-0.2, -0.15) is 0 Å². The van der Waals surface area contributed by atoms with E-state index in [0.29, 0.717) is 25.5 Å². The molecule has 1 saturated heterocycles. The van der Waals surface area contributed by atoms with E-state index < -0.39 is 0 Å². The zero-order valence-electron chi connectivity index (χ0n) is 13.8. The van der Waals surface area contributed by atoms with Gasteiger partial charge in [0.15, 0.2) is 0 Å². The first-order chi connectivity index (χ1) is 11.6. The number of fused-ring (bicyclic) bond motifs is 1. The largest absolute Gasteiger partial charge is 0.442 e. The van der Waals surface area contributed by atoms with Crippen molar-refractivity contribution >= 4 is 17.0 Å². The highest BCUT2D eigenvalue weighted by Crippen LogP contribution is 2.21. The second-order valence-corrected chi connectivity index (χ2v) is 5.79. The van der Waals surface area contributed by atoms with Crippen molar-refractivity contribution < 1.29 is 18.7 Å². The van der Waals surface area contributed by atoms with Gasteiger partial charge in [-0.05, 0) is 19.8 Å². The quantitative estimate of drug-likeness (QED) is 0.841. The number of hydrogen-bond acceptors (Lipinski definition) is 6. The molecule has 2 aromatic heterocycles. The molecular weight excluding hydrogens is 314 g/mol. The number of nitrogens with zero attached hydrogens (tertiary/aromatic N) is 2. The summed E-state index contributed by atoms with van der Waals surface area (Å²) in [4.78, 5) is 29.3. The molecule has 3 rings (SSSR count). The molecule has 8 heteroatoms. The minimum atomic E-state index is -0.342. The van der Waals surface area contributed by atoms with Gasteiger partial charge in [0.25, 0.3) is 11.5 Å². The molecule has 0 radical (unpaired) electrons. The van der Waals surface area contributed by atoms with Crippen molar-refractivity contribution in [1.29, 1.82) is 0 Å². The lowest BCUT2D eigenvalue weighted by molar-refractivity contribution is 0.0857. The SMILES string of the molecule is COCCn1cnc2oc(C)c(C(=O)NCC3CCCO3)c2c1=O. The Bertz CT molecular complexity index is 789. The van der Waals surface area contributed by atoms with E-state index in [1.807, 2.05) is 0 Å². The summed E-state index contributed by atoms with van der Waals surface area (Å²) in [5.41, 5.74) is 0.108. The van der Waals surface area contributed by atoms with E-state index in [1.165, 1.54) is 10.9 Å². The van der Waals surface area contributed by atoms with E-state index in [1.54, 1.807) is 14.0 Å². The lowest BCUT2D eigenvalue weighted by atomic mass is 10.1. The molecule has 1 N–H and O–H groups in total. The average molecular weight is 335 g/mol. The third-order valence-corrected chi connectivity index (χ3v) is 4.13. The Morgan fingerprint density at radius 1 is 1.54 bits per heavy atom. The predicted octanol–water partition coefficient (Wildman–Crippen LogP) is 0.853. The van der Waals surface area contributed by atoms with Crippen LogP contribution >= 0.6 is 0 Å². The maximum Gasteiger partial charge on any atom is 0.265 e. The van der Waals surface area contributed by atoms with E-state index in [2.05, 4.69) is 10.3 Å². The van der Waals surface area contributed by atoms with Crippen molar-refractivity contribution in [3.8, 4) is 0 Å². The first-order valence-corrected chi connectivity index (χ1v) is 7.99. The predicted molar refractivity (Wildman–Crippen MR) is 86.2 cm³/mol. The van der Waals surface area contributed by atoms with Crippen molar-refractivity contribution in [2.45, 2.75) is 32.4 Å². The molecule has 3 heterocycles. The highest BCUT2D eigenvalue weighted by molar-refractivity contribution is 6.06. The molecule has 1 aliphatic rings. The summed E-state index contributed by atoms with van der Waals surface area (Å²) in [6.07, 6.45) is 3.36. The first kappa shape index (κ1) is 16.7. The number of methoxy groups -OCH3 is 1. The van der Waals surface area contributed by atoms with Crippen LogP contribution in [0.1, 0.15) is 29.0 Å². The Balaban J connectivity index is 1.89. The minimum absolute atomic E-state index is 0.0314. The van der Waals surface area contributed by atoms with Crippen LogP contribution < -0.4 is 10.9 Å². The van der Waals surface area contributed by atoms with Gasteiger partial charge in [0.1, 0.15) is 17.5 Å². The van der Waals surface area contributed by atoms with E-state index in [9.17, 15) is 9.59 Å². The second-order valence-electron chi connectivity index (χ2n) is 5.79. The average Bonchev–Trinajstić information content (AvgIpc) is 3.19. The van der Waals surface area contributed by atoms with Gasteiger partial charge in [-0.3, -0.25) is 14.2 Å². The Morgan fingerprint density at radius 3 is 3.08 bits per heavy atom. The number of nitrogens with one attached hydrogen (secondary N) is 1. The monoisotopic (exact) mass is 335 g/mol. The number of aryl methyl sites for hydroxylation is 1. The lowest BCUT2D eigenvalue weighted by Gasteiger charge is -2.10. The molecule has 0 bridgehead atoms. The number of amides is 1. The van der Waals surface area contributed by atoms with Crippen LogP contribution in [0, 0.1) is 6.92 Å². The van der Waals surface area contributed by atoms with Crippen LogP contribution in [0.5, 0.6) is 0 Å². The van der Waals surface area contributed by atoms with Crippen LogP contribution in [0.2, 0.25) is 0 Å². The summed E-state index contributed by atoms with van der Waals surface area (Å²) in [5, 5.41) is 3.03. The van der Waals surface area contributed by atoms with Crippen molar-refractivity contribution in [2.24, 2.45) is 0 Å². The zero-order chi connectivity index (χ0) is 17.1. The first-order valence-electron chi connectivity index (χ1n) is 7.99. The van der Waals surface area contributed by atoms with Crippen LogP contribution in [0.15, 0.2) is 15.5 Å². The maximum absolute atomic E-state index is 12.6. The Morgan fingerprint density at radius 2 is 2.38 bits per heavy atom. The summed E-state index contributed by atoms with van der Waals surface area (Å²) in [5.74, 6) is 0.0362. The van der Waals surface area contributed by atoms with Gasteiger partial charge in [-0.15, -0.1) is 0 Å². The maximum atomic E-state index is 12.6. The normalized spacial score (nSPS) is 17.5. The van der Waals surface area contributed by atoms with Crippen LogP contribution in [-0.4, -0.2) is 48.4 Å². The van der Waals surface area contributed by atoms with Gasteiger partial charge >= 0.3 is 0 Å². The van der Waals surface area contributed by atoms with Gasteiger partial charge in [-0.25, -0.2) is 4.98 Å². The van der Waals surface area contributed by atoms with Gasteiger partial charge in [0.2, 0.25) is 5.71 Å². The summed E-state index contributed by atoms with van der Waals surface area (Å²) in [6.45, 7) is 3.54. The van der Waals surface area contributed by atoms with Crippen LogP contribution in [-0.2, 0) is 16.0 Å². The number of carbonyl (C=O) groups is 1. The van der Waals surface area contributed by atoms with E-state index in [4.69, 9.17) is 13.9 Å². The molecule has 0 saturated carbocycles. The fourth-order valence-electron chi connectivity index (χ4n) is 2.86. The number of ether oxygens (including phenoxy) is 2. The molecule has 130 valence electrons. The summed E-state index contributed by atoms with van der Waals surface area (Å²) in [7, 11) is 1.56. The molecule has 1 amide bonds. The fraction of sp³-hybridized carbons (Fsp3) is 0.562. The molecule has 1 unspecified atom stereocenters. The Hall–Kier alpha value is -2.19. The van der Waals surface area contributed by atoms with E-state index >= 15 is 0 Å². The highest BCUT2D eigenvalue weighted by atomic mass is 16.5. The standard InChI is InChI=1S/C16H21N3O5/c1-10-12(14(20)17-8-11-4-3-6-23-11)13-15(24-10)18-9-19(16(13)21)5-7-22-2/h9,11H,3-8H2,1-2H3,(H,17,20). The fourth-order valence-corrected chi connectivity index (χ4v) is 2.86. The van der Waals surface area contributed by atoms with Crippen molar-refractivity contribution in [3.63, 3.8) is 0 Å². The number of carbonyl (C=O) groups excluding carboxylic acids is 1. The molecule has 0 spiro atoms. The van der Waals surface area contributed by atoms with Crippen LogP contribution in [0.25, 0.3) is 11.1 Å². The number of hydrogen-bond donors (Lipinski definition) is 1. The number of aromatic nitrogens is 2. The number of furan rings is 1. The Labute approximate surface area is 138 Å². The van der Waals surface area contributed by atoms with Crippen molar-refractivity contribution in [1.82, 2.24) is 14.9 Å².